The Balaban J connectivity index is 0.00000341. The van der Waals surface area contributed by atoms with Crippen LogP contribution in [0.25, 0.3) is 0 Å². The number of likely N-dealkylation sites (tertiary alicyclic amines) is 1. The fourth-order valence-electron chi connectivity index (χ4n) is 4.81. The van der Waals surface area contributed by atoms with Crippen LogP contribution >= 0.6 is 24.0 Å². The Morgan fingerprint density at radius 1 is 1.23 bits per heavy atom. The molecule has 174 valence electrons. The number of ether oxygens (including phenoxy) is 1. The predicted molar refractivity (Wildman–Crippen MR) is 137 cm³/mol. The highest BCUT2D eigenvalue weighted by Crippen LogP contribution is 2.37. The van der Waals surface area contributed by atoms with E-state index >= 15 is 0 Å². The van der Waals surface area contributed by atoms with Gasteiger partial charge in [0.1, 0.15) is 0 Å². The van der Waals surface area contributed by atoms with Crippen LogP contribution in [0.3, 0.4) is 0 Å². The molecule has 7 heteroatoms. The molecule has 2 heterocycles. The van der Waals surface area contributed by atoms with Gasteiger partial charge in [0.25, 0.3) is 0 Å². The normalized spacial score (nSPS) is 19.5. The monoisotopic (exact) mass is 542 g/mol. The Morgan fingerprint density at radius 2 is 1.90 bits per heavy atom. The lowest BCUT2D eigenvalue weighted by molar-refractivity contribution is -0.121. The first-order valence-electron chi connectivity index (χ1n) is 11.5. The molecule has 0 aromatic heterocycles. The number of rotatable bonds is 6. The Kier molecular flexibility index (Phi) is 10.6. The van der Waals surface area contributed by atoms with Gasteiger partial charge in [0.15, 0.2) is 5.96 Å². The minimum absolute atomic E-state index is 0. The van der Waals surface area contributed by atoms with Crippen molar-refractivity contribution in [2.24, 2.45) is 10.9 Å². The lowest BCUT2D eigenvalue weighted by Gasteiger charge is -2.39. The Morgan fingerprint density at radius 3 is 2.52 bits per heavy atom. The third-order valence-corrected chi connectivity index (χ3v) is 6.70. The molecule has 1 amide bonds. The lowest BCUT2D eigenvalue weighted by Crippen LogP contribution is -2.47. The fraction of sp³-hybridized carbons (Fsp3) is 0.667. The molecule has 1 aromatic rings. The number of piperidine rings is 1. The van der Waals surface area contributed by atoms with Crippen molar-refractivity contribution < 1.29 is 9.53 Å². The highest BCUT2D eigenvalue weighted by molar-refractivity contribution is 14.0. The Hall–Kier alpha value is -1.35. The van der Waals surface area contributed by atoms with E-state index in [2.05, 4.69) is 53.6 Å². The van der Waals surface area contributed by atoms with Crippen molar-refractivity contribution in [2.45, 2.75) is 51.4 Å². The molecule has 3 rings (SSSR count). The molecule has 31 heavy (non-hydrogen) atoms. The van der Waals surface area contributed by atoms with E-state index in [4.69, 9.17) is 9.73 Å². The van der Waals surface area contributed by atoms with E-state index < -0.39 is 0 Å². The van der Waals surface area contributed by atoms with Crippen LogP contribution in [0.4, 0.5) is 0 Å². The number of nitrogens with one attached hydrogen (secondary N) is 2. The van der Waals surface area contributed by atoms with Crippen LogP contribution in [0.5, 0.6) is 0 Å². The predicted octanol–water partition coefficient (Wildman–Crippen LogP) is 3.47. The van der Waals surface area contributed by atoms with Gasteiger partial charge in [0.05, 0.1) is 6.54 Å². The summed E-state index contributed by atoms with van der Waals surface area (Å²) in [5.74, 6) is 1.63. The molecule has 0 radical (unpaired) electrons. The maximum atomic E-state index is 11.7. The minimum atomic E-state index is 0. The summed E-state index contributed by atoms with van der Waals surface area (Å²) < 4.78 is 5.70. The van der Waals surface area contributed by atoms with E-state index in [9.17, 15) is 4.79 Å². The van der Waals surface area contributed by atoms with Crippen molar-refractivity contribution in [1.82, 2.24) is 15.5 Å². The number of halogens is 1. The Bertz CT molecular complexity index is 726. The van der Waals surface area contributed by atoms with Crippen LogP contribution in [-0.2, 0) is 14.9 Å². The van der Waals surface area contributed by atoms with Crippen LogP contribution in [0.15, 0.2) is 29.3 Å². The summed E-state index contributed by atoms with van der Waals surface area (Å²) in [5.41, 5.74) is 2.80. The number of hydrogen-bond acceptors (Lipinski definition) is 3. The molecule has 0 saturated carbocycles. The topological polar surface area (TPSA) is 66.0 Å². The molecule has 1 aromatic carbocycles. The zero-order valence-electron chi connectivity index (χ0n) is 19.3. The first-order chi connectivity index (χ1) is 14.6. The van der Waals surface area contributed by atoms with Crippen molar-refractivity contribution in [1.29, 1.82) is 0 Å². The molecular formula is C24H39IN4O2. The summed E-state index contributed by atoms with van der Waals surface area (Å²) in [6, 6.07) is 8.74. The quantitative estimate of drug-likeness (QED) is 0.328. The first-order valence-corrected chi connectivity index (χ1v) is 11.5. The van der Waals surface area contributed by atoms with E-state index in [1.807, 2.05) is 0 Å². The largest absolute Gasteiger partial charge is 0.381 e. The van der Waals surface area contributed by atoms with Crippen molar-refractivity contribution in [3.8, 4) is 0 Å². The van der Waals surface area contributed by atoms with Crippen molar-refractivity contribution in [2.75, 3.05) is 46.4 Å². The average molecular weight is 543 g/mol. The maximum Gasteiger partial charge on any atom is 0.220 e. The molecule has 2 N–H and O–H groups in total. The lowest BCUT2D eigenvalue weighted by atomic mass is 9.72. The van der Waals surface area contributed by atoms with Crippen molar-refractivity contribution in [3.63, 3.8) is 0 Å². The highest BCUT2D eigenvalue weighted by Gasteiger charge is 2.36. The third kappa shape index (κ3) is 6.81. The summed E-state index contributed by atoms with van der Waals surface area (Å²) >= 11 is 0. The minimum Gasteiger partial charge on any atom is -0.381 e. The fourth-order valence-corrected chi connectivity index (χ4v) is 4.81. The summed E-state index contributed by atoms with van der Waals surface area (Å²) in [4.78, 5) is 19.2. The number of nitrogens with zero attached hydrogens (tertiary/aromatic N) is 2. The van der Waals surface area contributed by atoms with E-state index in [1.54, 1.807) is 7.05 Å². The molecule has 0 spiro atoms. The average Bonchev–Trinajstić information content (AvgIpc) is 2.78. The Labute approximate surface area is 204 Å². The number of carbonyl (C=O) groups is 1. The van der Waals surface area contributed by atoms with E-state index in [-0.39, 0.29) is 35.3 Å². The standard InChI is InChI=1S/C24H38N4O2.HI/c1-4-26-23(28-13-9-20(10-14-28)17-22(29)25-3)27-18-24(11-15-30-16-12-24)21-8-6-5-7-19(21)2;/h5-8,20H,4,9-18H2,1-3H3,(H,25,29)(H,26,27);1H. The van der Waals surface area contributed by atoms with Crippen LogP contribution in [0.2, 0.25) is 0 Å². The number of aliphatic imine (C=N–C) groups is 1. The SMILES string of the molecule is CCNC(=NCC1(c2ccccc2C)CCOCC1)N1CCC(CC(=O)NC)CC1.I. The number of guanidine groups is 1. The zero-order chi connectivity index (χ0) is 21.4. The van der Waals surface area contributed by atoms with Crippen molar-refractivity contribution >= 4 is 35.8 Å². The van der Waals surface area contributed by atoms with Crippen LogP contribution in [-0.4, -0.2) is 63.2 Å². The second-order valence-corrected chi connectivity index (χ2v) is 8.69. The zero-order valence-corrected chi connectivity index (χ0v) is 21.6. The number of amides is 1. The third-order valence-electron chi connectivity index (χ3n) is 6.70. The van der Waals surface area contributed by atoms with Gasteiger partial charge in [-0.3, -0.25) is 9.79 Å². The number of carbonyl (C=O) groups excluding carboxylic acids is 1. The van der Waals surface area contributed by atoms with Crippen LogP contribution < -0.4 is 10.6 Å². The van der Waals surface area contributed by atoms with Crippen molar-refractivity contribution in [3.05, 3.63) is 35.4 Å². The molecule has 2 fully saturated rings. The van der Waals surface area contributed by atoms with E-state index in [1.165, 1.54) is 11.1 Å². The van der Waals surface area contributed by atoms with Gasteiger partial charge in [-0.1, -0.05) is 24.3 Å². The van der Waals surface area contributed by atoms with Crippen LogP contribution in [0.1, 0.15) is 50.2 Å². The molecule has 0 bridgehead atoms. The summed E-state index contributed by atoms with van der Waals surface area (Å²) in [6.45, 7) is 9.47. The van der Waals surface area contributed by atoms with Gasteiger partial charge in [0.2, 0.25) is 5.91 Å². The maximum absolute atomic E-state index is 11.7. The molecule has 2 saturated heterocycles. The molecule has 2 aliphatic heterocycles. The molecule has 0 atom stereocenters. The first kappa shape index (κ1) is 25.9. The van der Waals surface area contributed by atoms with Gasteiger partial charge in [-0.2, -0.15) is 0 Å². The van der Waals surface area contributed by atoms with Gasteiger partial charge in [-0.05, 0) is 56.6 Å². The molecule has 2 aliphatic rings. The van der Waals surface area contributed by atoms with Gasteiger partial charge in [-0.25, -0.2) is 0 Å². The summed E-state index contributed by atoms with van der Waals surface area (Å²) in [5, 5.41) is 6.26. The smallest absolute Gasteiger partial charge is 0.220 e. The van der Waals surface area contributed by atoms with Gasteiger partial charge in [-0.15, -0.1) is 24.0 Å². The van der Waals surface area contributed by atoms with Gasteiger partial charge < -0.3 is 20.3 Å². The molecular weight excluding hydrogens is 503 g/mol. The number of hydrogen-bond donors (Lipinski definition) is 2. The van der Waals surface area contributed by atoms with E-state index in [0.29, 0.717) is 12.3 Å². The van der Waals surface area contributed by atoms with Crippen LogP contribution in [0, 0.1) is 12.8 Å². The number of benzene rings is 1. The van der Waals surface area contributed by atoms with E-state index in [0.717, 1.165) is 71.0 Å². The second-order valence-electron chi connectivity index (χ2n) is 8.69. The molecule has 0 aliphatic carbocycles. The second kappa shape index (κ2) is 12.6. The summed E-state index contributed by atoms with van der Waals surface area (Å²) in [7, 11) is 1.72. The number of aryl methyl sites for hydroxylation is 1. The molecule has 6 nitrogen and oxygen atoms in total. The van der Waals surface area contributed by atoms with Gasteiger partial charge >= 0.3 is 0 Å². The van der Waals surface area contributed by atoms with Gasteiger partial charge in [0, 0.05) is 51.7 Å². The molecule has 0 unspecified atom stereocenters. The summed E-state index contributed by atoms with van der Waals surface area (Å²) in [6.07, 6.45) is 4.72. The highest BCUT2D eigenvalue weighted by atomic mass is 127.